The van der Waals surface area contributed by atoms with E-state index < -0.39 is 33.9 Å². The number of rotatable bonds is 8. The summed E-state index contributed by atoms with van der Waals surface area (Å²) in [5.74, 6) is 0. The van der Waals surface area contributed by atoms with Gasteiger partial charge in [-0.2, -0.15) is 0 Å². The van der Waals surface area contributed by atoms with Crippen LogP contribution in [0.25, 0.3) is 0 Å². The fourth-order valence-electron chi connectivity index (χ4n) is 2.35. The van der Waals surface area contributed by atoms with Gasteiger partial charge in [-0.1, -0.05) is 17.7 Å². The van der Waals surface area contributed by atoms with Crippen LogP contribution in [0.15, 0.2) is 29.2 Å². The molecule has 0 saturated carbocycles. The summed E-state index contributed by atoms with van der Waals surface area (Å²) in [6.07, 6.45) is -1.49. The highest BCUT2D eigenvalue weighted by molar-refractivity contribution is 7.89. The molecule has 27 heavy (non-hydrogen) atoms. The van der Waals surface area contributed by atoms with E-state index in [2.05, 4.69) is 4.72 Å². The average molecular weight is 403 g/mol. The highest BCUT2D eigenvalue weighted by Gasteiger charge is 2.25. The molecule has 0 aromatic heterocycles. The molecule has 0 radical (unpaired) electrons. The Kier molecular flexibility index (Phi) is 8.23. The van der Waals surface area contributed by atoms with E-state index in [1.165, 1.54) is 11.8 Å². The molecule has 0 spiro atoms. The number of hydrogen-bond donors (Lipinski definition) is 1. The number of carbonyl (C=O) groups is 1. The standard InChI is InChI=1S/C19H31FN2O4S/c1-14-7-9-17(10-8-14)27(24,25)21-16(3)11-12-22(13-15(2)20)18(23)26-19(4,5)6/h7-10,15-16,21H,11-13H2,1-6H3. The first-order valence-electron chi connectivity index (χ1n) is 9.01. The summed E-state index contributed by atoms with van der Waals surface area (Å²) < 4.78 is 46.2. The van der Waals surface area contributed by atoms with Crippen LogP contribution in [0.1, 0.15) is 46.6 Å². The third kappa shape index (κ3) is 8.71. The number of ether oxygens (including phenoxy) is 1. The molecule has 0 aliphatic rings. The van der Waals surface area contributed by atoms with Crippen LogP contribution < -0.4 is 4.72 Å². The molecule has 1 N–H and O–H groups in total. The van der Waals surface area contributed by atoms with E-state index in [0.29, 0.717) is 6.42 Å². The third-order valence-corrected chi connectivity index (χ3v) is 5.25. The number of benzene rings is 1. The Bertz CT molecular complexity index is 712. The lowest BCUT2D eigenvalue weighted by Gasteiger charge is -2.28. The Morgan fingerprint density at radius 2 is 1.78 bits per heavy atom. The van der Waals surface area contributed by atoms with Gasteiger partial charge in [-0.3, -0.25) is 0 Å². The molecular formula is C19H31FN2O4S. The maximum atomic E-state index is 13.4. The van der Waals surface area contributed by atoms with Crippen molar-refractivity contribution in [2.24, 2.45) is 0 Å². The van der Waals surface area contributed by atoms with Crippen LogP contribution in [0.2, 0.25) is 0 Å². The average Bonchev–Trinajstić information content (AvgIpc) is 2.49. The monoisotopic (exact) mass is 402 g/mol. The Morgan fingerprint density at radius 3 is 2.26 bits per heavy atom. The van der Waals surface area contributed by atoms with Crippen LogP contribution in [0.4, 0.5) is 9.18 Å². The van der Waals surface area contributed by atoms with E-state index in [9.17, 15) is 17.6 Å². The molecule has 1 aromatic carbocycles. The van der Waals surface area contributed by atoms with E-state index in [1.54, 1.807) is 52.0 Å². The largest absolute Gasteiger partial charge is 0.444 e. The first-order chi connectivity index (χ1) is 12.3. The molecule has 1 aromatic rings. The fourth-order valence-corrected chi connectivity index (χ4v) is 3.62. The number of nitrogens with zero attached hydrogens (tertiary/aromatic N) is 1. The van der Waals surface area contributed by atoms with Crippen LogP contribution >= 0.6 is 0 Å². The molecule has 0 bridgehead atoms. The normalized spacial score (nSPS) is 14.5. The smallest absolute Gasteiger partial charge is 0.410 e. The summed E-state index contributed by atoms with van der Waals surface area (Å²) in [6.45, 7) is 10.2. The lowest BCUT2D eigenvalue weighted by atomic mass is 10.2. The highest BCUT2D eigenvalue weighted by atomic mass is 32.2. The SMILES string of the molecule is Cc1ccc(S(=O)(=O)NC(C)CCN(CC(C)F)C(=O)OC(C)(C)C)cc1. The zero-order valence-corrected chi connectivity index (χ0v) is 17.8. The molecule has 154 valence electrons. The molecule has 1 rings (SSSR count). The van der Waals surface area contributed by atoms with Gasteiger partial charge >= 0.3 is 6.09 Å². The van der Waals surface area contributed by atoms with Gasteiger partial charge in [-0.05, 0) is 60.1 Å². The summed E-state index contributed by atoms with van der Waals surface area (Å²) in [5.41, 5.74) is 0.281. The number of nitrogens with one attached hydrogen (secondary N) is 1. The second kappa shape index (κ2) is 9.50. The lowest BCUT2D eigenvalue weighted by Crippen LogP contribution is -2.42. The zero-order chi connectivity index (χ0) is 20.8. The van der Waals surface area contributed by atoms with Gasteiger partial charge in [0.15, 0.2) is 0 Å². The summed E-state index contributed by atoms with van der Waals surface area (Å²) >= 11 is 0. The van der Waals surface area contributed by atoms with Crippen LogP contribution in [-0.4, -0.2) is 50.3 Å². The van der Waals surface area contributed by atoms with Gasteiger partial charge in [0.2, 0.25) is 10.0 Å². The van der Waals surface area contributed by atoms with Crippen molar-refractivity contribution in [1.29, 1.82) is 0 Å². The minimum Gasteiger partial charge on any atom is -0.444 e. The number of sulfonamides is 1. The van der Waals surface area contributed by atoms with Crippen LogP contribution in [-0.2, 0) is 14.8 Å². The number of alkyl halides is 1. The molecule has 0 saturated heterocycles. The summed E-state index contributed by atoms with van der Waals surface area (Å²) in [4.78, 5) is 13.7. The van der Waals surface area contributed by atoms with E-state index in [1.807, 2.05) is 6.92 Å². The van der Waals surface area contributed by atoms with Crippen molar-refractivity contribution in [3.05, 3.63) is 29.8 Å². The van der Waals surface area contributed by atoms with Crippen LogP contribution in [0, 0.1) is 6.92 Å². The molecule has 0 fully saturated rings. The van der Waals surface area contributed by atoms with Crippen LogP contribution in [0.5, 0.6) is 0 Å². The van der Waals surface area contributed by atoms with Crippen LogP contribution in [0.3, 0.4) is 0 Å². The highest BCUT2D eigenvalue weighted by Crippen LogP contribution is 2.14. The second-order valence-electron chi connectivity index (χ2n) is 7.83. The van der Waals surface area contributed by atoms with Gasteiger partial charge in [-0.25, -0.2) is 22.3 Å². The minimum atomic E-state index is -3.66. The minimum absolute atomic E-state index is 0.105. The van der Waals surface area contributed by atoms with Crippen molar-refractivity contribution in [2.75, 3.05) is 13.1 Å². The van der Waals surface area contributed by atoms with E-state index in [4.69, 9.17) is 4.74 Å². The molecular weight excluding hydrogens is 371 g/mol. The van der Waals surface area contributed by atoms with Crippen molar-refractivity contribution >= 4 is 16.1 Å². The molecule has 1 amide bonds. The van der Waals surface area contributed by atoms with Gasteiger partial charge in [0.1, 0.15) is 11.8 Å². The Labute approximate surface area is 162 Å². The maximum absolute atomic E-state index is 13.4. The van der Waals surface area contributed by atoms with Gasteiger partial charge in [-0.15, -0.1) is 0 Å². The predicted molar refractivity (Wildman–Crippen MR) is 104 cm³/mol. The summed E-state index contributed by atoms with van der Waals surface area (Å²) in [5, 5.41) is 0. The van der Waals surface area contributed by atoms with Crippen molar-refractivity contribution in [2.45, 2.75) is 70.7 Å². The van der Waals surface area contributed by atoms with Gasteiger partial charge < -0.3 is 9.64 Å². The van der Waals surface area contributed by atoms with Gasteiger partial charge in [0.05, 0.1) is 11.4 Å². The van der Waals surface area contributed by atoms with E-state index in [0.717, 1.165) is 5.56 Å². The maximum Gasteiger partial charge on any atom is 0.410 e. The zero-order valence-electron chi connectivity index (χ0n) is 17.0. The molecule has 0 heterocycles. The van der Waals surface area contributed by atoms with Crippen molar-refractivity contribution in [3.8, 4) is 0 Å². The van der Waals surface area contributed by atoms with E-state index in [-0.39, 0.29) is 18.0 Å². The van der Waals surface area contributed by atoms with Gasteiger partial charge in [0.25, 0.3) is 0 Å². The molecule has 0 aliphatic carbocycles. The third-order valence-electron chi connectivity index (χ3n) is 3.64. The summed E-state index contributed by atoms with van der Waals surface area (Å²) in [7, 11) is -3.66. The quantitative estimate of drug-likeness (QED) is 0.720. The number of hydrogen-bond acceptors (Lipinski definition) is 4. The number of amides is 1. The molecule has 6 nitrogen and oxygen atoms in total. The Morgan fingerprint density at radius 1 is 1.22 bits per heavy atom. The molecule has 0 aliphatic heterocycles. The number of halogens is 1. The lowest BCUT2D eigenvalue weighted by molar-refractivity contribution is 0.0205. The first-order valence-corrected chi connectivity index (χ1v) is 10.5. The molecule has 2 atom stereocenters. The van der Waals surface area contributed by atoms with Crippen molar-refractivity contribution in [3.63, 3.8) is 0 Å². The summed E-state index contributed by atoms with van der Waals surface area (Å²) in [6, 6.07) is 6.11. The Balaban J connectivity index is 2.71. The van der Waals surface area contributed by atoms with Crippen molar-refractivity contribution in [1.82, 2.24) is 9.62 Å². The number of aryl methyl sites for hydroxylation is 1. The predicted octanol–water partition coefficient (Wildman–Crippen LogP) is 3.65. The van der Waals surface area contributed by atoms with Gasteiger partial charge in [0, 0.05) is 12.6 Å². The fraction of sp³-hybridized carbons (Fsp3) is 0.632. The Hall–Kier alpha value is -1.67. The topological polar surface area (TPSA) is 75.7 Å². The first kappa shape index (κ1) is 23.4. The second-order valence-corrected chi connectivity index (χ2v) is 9.55. The van der Waals surface area contributed by atoms with Crippen molar-refractivity contribution < 1.29 is 22.3 Å². The molecule has 2 unspecified atom stereocenters. The molecule has 8 heteroatoms. The number of carbonyl (C=O) groups excluding carboxylic acids is 1. The van der Waals surface area contributed by atoms with E-state index >= 15 is 0 Å².